The number of amides is 2. The Hall–Kier alpha value is -3.07. The predicted molar refractivity (Wildman–Crippen MR) is 161 cm³/mol. The van der Waals surface area contributed by atoms with Crippen molar-refractivity contribution in [1.82, 2.24) is 10.2 Å². The molecule has 2 amide bonds. The molecular weight excluding hydrogens is 569 g/mol. The summed E-state index contributed by atoms with van der Waals surface area (Å²) in [4.78, 5) is 29.0. The minimum Gasteiger partial charge on any atom is -0.350 e. The van der Waals surface area contributed by atoms with Crippen LogP contribution in [0.1, 0.15) is 45.2 Å². The molecule has 0 aromatic heterocycles. The van der Waals surface area contributed by atoms with Crippen LogP contribution in [0.5, 0.6) is 0 Å². The molecule has 0 saturated heterocycles. The molecule has 0 aliphatic rings. The quantitative estimate of drug-likeness (QED) is 0.298. The van der Waals surface area contributed by atoms with E-state index in [2.05, 4.69) is 5.32 Å². The molecule has 0 radical (unpaired) electrons. The van der Waals surface area contributed by atoms with Gasteiger partial charge in [-0.3, -0.25) is 13.9 Å². The number of aryl methyl sites for hydroxylation is 1. The van der Waals surface area contributed by atoms with Gasteiger partial charge in [0.1, 0.15) is 12.6 Å². The van der Waals surface area contributed by atoms with Gasteiger partial charge in [-0.15, -0.1) is 0 Å². The Morgan fingerprint density at radius 3 is 2.05 bits per heavy atom. The van der Waals surface area contributed by atoms with E-state index in [0.717, 1.165) is 15.4 Å². The molecule has 3 rings (SSSR count). The summed E-state index contributed by atoms with van der Waals surface area (Å²) in [5, 5.41) is 3.40. The van der Waals surface area contributed by atoms with Crippen LogP contribution in [0.3, 0.4) is 0 Å². The van der Waals surface area contributed by atoms with Gasteiger partial charge in [-0.05, 0) is 75.6 Å². The van der Waals surface area contributed by atoms with E-state index >= 15 is 0 Å². The van der Waals surface area contributed by atoms with E-state index < -0.39 is 34.1 Å². The van der Waals surface area contributed by atoms with Crippen LogP contribution in [-0.2, 0) is 26.2 Å². The lowest BCUT2D eigenvalue weighted by molar-refractivity contribution is -0.141. The Kier molecular flexibility index (Phi) is 10.3. The first-order valence-electron chi connectivity index (χ1n) is 12.9. The second-order valence-electron chi connectivity index (χ2n) is 10.6. The molecule has 0 bridgehead atoms. The van der Waals surface area contributed by atoms with Gasteiger partial charge in [-0.2, -0.15) is 0 Å². The SMILES string of the molecule is CCC(C(=O)NC(C)(C)C)N(Cc1ccccc1C)C(=O)CN(c1cc(Cl)cc(Cl)c1)S(=O)(=O)c1ccccc1. The van der Waals surface area contributed by atoms with Crippen LogP contribution < -0.4 is 9.62 Å². The number of hydrogen-bond donors (Lipinski definition) is 1. The van der Waals surface area contributed by atoms with Crippen molar-refractivity contribution in [2.75, 3.05) is 10.8 Å². The number of sulfonamides is 1. The van der Waals surface area contributed by atoms with Crippen molar-refractivity contribution in [2.24, 2.45) is 0 Å². The highest BCUT2D eigenvalue weighted by atomic mass is 35.5. The van der Waals surface area contributed by atoms with Crippen LogP contribution in [0.15, 0.2) is 77.7 Å². The van der Waals surface area contributed by atoms with Crippen LogP contribution in [0.2, 0.25) is 10.0 Å². The maximum atomic E-state index is 14.1. The van der Waals surface area contributed by atoms with Crippen LogP contribution in [0, 0.1) is 6.92 Å². The molecule has 0 aliphatic carbocycles. The lowest BCUT2D eigenvalue weighted by Crippen LogP contribution is -2.55. The molecule has 0 aliphatic heterocycles. The van der Waals surface area contributed by atoms with Gasteiger partial charge < -0.3 is 10.2 Å². The Labute approximate surface area is 247 Å². The largest absolute Gasteiger partial charge is 0.350 e. The number of rotatable bonds is 10. The van der Waals surface area contributed by atoms with Gasteiger partial charge in [0.25, 0.3) is 10.0 Å². The third-order valence-electron chi connectivity index (χ3n) is 6.23. The van der Waals surface area contributed by atoms with E-state index in [0.29, 0.717) is 6.42 Å². The number of benzene rings is 3. The summed E-state index contributed by atoms with van der Waals surface area (Å²) in [7, 11) is -4.21. The van der Waals surface area contributed by atoms with Crippen molar-refractivity contribution in [1.29, 1.82) is 0 Å². The molecule has 7 nitrogen and oxygen atoms in total. The minimum absolute atomic E-state index is 0.00173. The maximum Gasteiger partial charge on any atom is 0.264 e. The highest BCUT2D eigenvalue weighted by Crippen LogP contribution is 2.30. The minimum atomic E-state index is -4.21. The first-order chi connectivity index (χ1) is 18.7. The van der Waals surface area contributed by atoms with E-state index in [-0.39, 0.29) is 33.1 Å². The topological polar surface area (TPSA) is 86.8 Å². The Balaban J connectivity index is 2.11. The van der Waals surface area contributed by atoms with E-state index in [1.165, 1.54) is 35.2 Å². The average molecular weight is 605 g/mol. The summed E-state index contributed by atoms with van der Waals surface area (Å²) in [6.07, 6.45) is 0.327. The molecule has 1 unspecified atom stereocenters. The zero-order chi connectivity index (χ0) is 29.7. The van der Waals surface area contributed by atoms with Crippen LogP contribution in [0.4, 0.5) is 5.69 Å². The van der Waals surface area contributed by atoms with E-state index in [4.69, 9.17) is 23.2 Å². The Morgan fingerprint density at radius 2 is 1.50 bits per heavy atom. The molecule has 40 heavy (non-hydrogen) atoms. The number of halogens is 2. The molecule has 10 heteroatoms. The highest BCUT2D eigenvalue weighted by molar-refractivity contribution is 7.92. The highest BCUT2D eigenvalue weighted by Gasteiger charge is 2.35. The van der Waals surface area contributed by atoms with Crippen molar-refractivity contribution in [3.63, 3.8) is 0 Å². The lowest BCUT2D eigenvalue weighted by Gasteiger charge is -2.35. The Morgan fingerprint density at radius 1 is 0.925 bits per heavy atom. The summed E-state index contributed by atoms with van der Waals surface area (Å²) in [5.41, 5.74) is 1.41. The first kappa shape index (κ1) is 31.5. The maximum absolute atomic E-state index is 14.1. The Bertz CT molecular complexity index is 1440. The number of carbonyl (C=O) groups excluding carboxylic acids is 2. The van der Waals surface area contributed by atoms with Crippen molar-refractivity contribution < 1.29 is 18.0 Å². The second-order valence-corrected chi connectivity index (χ2v) is 13.3. The molecule has 0 heterocycles. The normalized spacial score (nSPS) is 12.5. The summed E-state index contributed by atoms with van der Waals surface area (Å²) in [5.74, 6) is -0.866. The molecule has 0 spiro atoms. The number of nitrogens with zero attached hydrogens (tertiary/aromatic N) is 2. The number of anilines is 1. The second kappa shape index (κ2) is 13.1. The van der Waals surface area contributed by atoms with Crippen molar-refractivity contribution >= 4 is 50.7 Å². The molecule has 0 saturated carbocycles. The van der Waals surface area contributed by atoms with E-state index in [1.54, 1.807) is 18.2 Å². The molecule has 3 aromatic rings. The fourth-order valence-corrected chi connectivity index (χ4v) is 6.21. The zero-order valence-electron chi connectivity index (χ0n) is 23.3. The summed E-state index contributed by atoms with van der Waals surface area (Å²) >= 11 is 12.5. The van der Waals surface area contributed by atoms with Gasteiger partial charge in [-0.25, -0.2) is 8.42 Å². The molecule has 3 aromatic carbocycles. The summed E-state index contributed by atoms with van der Waals surface area (Å²) in [6, 6.07) is 18.9. The molecule has 1 atom stereocenters. The molecule has 1 N–H and O–H groups in total. The summed E-state index contributed by atoms with van der Waals surface area (Å²) < 4.78 is 28.7. The molecular formula is C30H35Cl2N3O4S. The number of carbonyl (C=O) groups is 2. The van der Waals surface area contributed by atoms with Gasteiger partial charge in [0, 0.05) is 22.1 Å². The predicted octanol–water partition coefficient (Wildman–Crippen LogP) is 6.22. The first-order valence-corrected chi connectivity index (χ1v) is 15.1. The van der Waals surface area contributed by atoms with Crippen LogP contribution in [0.25, 0.3) is 0 Å². The van der Waals surface area contributed by atoms with E-state index in [1.807, 2.05) is 58.9 Å². The van der Waals surface area contributed by atoms with Gasteiger partial charge in [0.15, 0.2) is 0 Å². The smallest absolute Gasteiger partial charge is 0.264 e. The fraction of sp³-hybridized carbons (Fsp3) is 0.333. The number of hydrogen-bond acceptors (Lipinski definition) is 4. The van der Waals surface area contributed by atoms with E-state index in [9.17, 15) is 18.0 Å². The van der Waals surface area contributed by atoms with Crippen molar-refractivity contribution in [2.45, 2.75) is 64.1 Å². The van der Waals surface area contributed by atoms with Crippen LogP contribution in [-0.4, -0.2) is 43.3 Å². The van der Waals surface area contributed by atoms with Crippen molar-refractivity contribution in [3.8, 4) is 0 Å². The zero-order valence-corrected chi connectivity index (χ0v) is 25.6. The third-order valence-corrected chi connectivity index (χ3v) is 8.46. The van der Waals surface area contributed by atoms with Crippen LogP contribution >= 0.6 is 23.2 Å². The lowest BCUT2D eigenvalue weighted by atomic mass is 10.0. The van der Waals surface area contributed by atoms with Gasteiger partial charge in [0.05, 0.1) is 10.6 Å². The molecule has 0 fully saturated rings. The monoisotopic (exact) mass is 603 g/mol. The fourth-order valence-electron chi connectivity index (χ4n) is 4.28. The van der Waals surface area contributed by atoms with Gasteiger partial charge in [-0.1, -0.05) is 72.6 Å². The summed E-state index contributed by atoms with van der Waals surface area (Å²) in [6.45, 7) is 8.89. The van der Waals surface area contributed by atoms with Gasteiger partial charge >= 0.3 is 0 Å². The third kappa shape index (κ3) is 7.99. The standard InChI is InChI=1S/C30H35Cl2N3O4S/c1-6-27(29(37)33-30(3,4)5)34(19-22-13-11-10-12-21(22)2)28(36)20-35(25-17-23(31)16-24(32)18-25)40(38,39)26-14-8-7-9-15-26/h7-18,27H,6,19-20H2,1-5H3,(H,33,37). The van der Waals surface area contributed by atoms with Gasteiger partial charge in [0.2, 0.25) is 11.8 Å². The average Bonchev–Trinajstić information content (AvgIpc) is 2.87. The molecule has 214 valence electrons. The van der Waals surface area contributed by atoms with Crippen molar-refractivity contribution in [3.05, 3.63) is 94.0 Å². The number of nitrogens with one attached hydrogen (secondary N) is 1.